The van der Waals surface area contributed by atoms with Crippen molar-refractivity contribution in [2.45, 2.75) is 25.2 Å². The van der Waals surface area contributed by atoms with Gasteiger partial charge in [0.25, 0.3) is 5.91 Å². The minimum atomic E-state index is -0.241. The van der Waals surface area contributed by atoms with Crippen molar-refractivity contribution in [2.24, 2.45) is 0 Å². The third-order valence-corrected chi connectivity index (χ3v) is 6.08. The van der Waals surface area contributed by atoms with Gasteiger partial charge in [-0.15, -0.1) is 0 Å². The van der Waals surface area contributed by atoms with Crippen LogP contribution in [0.1, 0.15) is 46.2 Å². The Hall–Kier alpha value is -4.00. The SMILES string of the molecule is O=C(c1cccc(-c2cncnc2)n1)N1CCC[C@@H](c2cccc(Cc3ccc(F)cc3)n2)C1. The number of carbonyl (C=O) groups excluding carboxylic acids is 1. The summed E-state index contributed by atoms with van der Waals surface area (Å²) in [6, 6.07) is 18.0. The minimum absolute atomic E-state index is 0.0779. The van der Waals surface area contributed by atoms with Gasteiger partial charge in [0.2, 0.25) is 0 Å². The molecule has 1 atom stereocenters. The molecular formula is C27H24FN5O. The molecule has 1 aliphatic heterocycles. The van der Waals surface area contributed by atoms with E-state index in [9.17, 15) is 9.18 Å². The van der Waals surface area contributed by atoms with Gasteiger partial charge in [0, 0.05) is 54.8 Å². The van der Waals surface area contributed by atoms with Gasteiger partial charge in [-0.05, 0) is 54.8 Å². The van der Waals surface area contributed by atoms with Crippen LogP contribution in [0.25, 0.3) is 11.3 Å². The average Bonchev–Trinajstić information content (AvgIpc) is 2.90. The van der Waals surface area contributed by atoms with Crippen LogP contribution in [0, 0.1) is 5.82 Å². The summed E-state index contributed by atoms with van der Waals surface area (Å²) < 4.78 is 13.2. The molecule has 5 rings (SSSR count). The molecule has 1 aliphatic rings. The molecule has 0 N–H and O–H groups in total. The smallest absolute Gasteiger partial charge is 0.272 e. The Morgan fingerprint density at radius 2 is 1.76 bits per heavy atom. The lowest BCUT2D eigenvalue weighted by Crippen LogP contribution is -2.39. The van der Waals surface area contributed by atoms with Crippen molar-refractivity contribution in [1.29, 1.82) is 0 Å². The Morgan fingerprint density at radius 1 is 0.971 bits per heavy atom. The van der Waals surface area contributed by atoms with Crippen LogP contribution in [0.5, 0.6) is 0 Å². The molecule has 0 bridgehead atoms. The second-order valence-corrected chi connectivity index (χ2v) is 8.48. The summed E-state index contributed by atoms with van der Waals surface area (Å²) in [6.07, 6.45) is 7.37. The van der Waals surface area contributed by atoms with Crippen molar-refractivity contribution in [3.05, 3.63) is 108 Å². The number of halogens is 1. The molecule has 3 aromatic heterocycles. The van der Waals surface area contributed by atoms with E-state index < -0.39 is 0 Å². The average molecular weight is 454 g/mol. The fraction of sp³-hybridized carbons (Fsp3) is 0.222. The largest absolute Gasteiger partial charge is 0.337 e. The number of rotatable bonds is 5. The number of hydrogen-bond donors (Lipinski definition) is 0. The third-order valence-electron chi connectivity index (χ3n) is 6.08. The minimum Gasteiger partial charge on any atom is -0.337 e. The van der Waals surface area contributed by atoms with Gasteiger partial charge in [0.1, 0.15) is 17.8 Å². The molecule has 0 saturated carbocycles. The molecule has 34 heavy (non-hydrogen) atoms. The summed E-state index contributed by atoms with van der Waals surface area (Å²) in [5, 5.41) is 0. The Morgan fingerprint density at radius 3 is 2.59 bits per heavy atom. The maximum Gasteiger partial charge on any atom is 0.272 e. The number of amides is 1. The summed E-state index contributed by atoms with van der Waals surface area (Å²) in [5.41, 5.74) is 4.81. The van der Waals surface area contributed by atoms with Crippen LogP contribution >= 0.6 is 0 Å². The second kappa shape index (κ2) is 9.87. The molecule has 0 aliphatic carbocycles. The molecule has 0 unspecified atom stereocenters. The molecule has 4 heterocycles. The number of aromatic nitrogens is 4. The van der Waals surface area contributed by atoms with Crippen molar-refractivity contribution < 1.29 is 9.18 Å². The number of hydrogen-bond acceptors (Lipinski definition) is 5. The Kier molecular flexibility index (Phi) is 6.33. The second-order valence-electron chi connectivity index (χ2n) is 8.48. The standard InChI is InChI=1S/C27H24FN5O/c28-22-11-9-19(10-12-22)14-23-5-1-6-24(31-23)20-4-3-13-33(17-20)27(34)26-8-2-7-25(32-26)21-15-29-18-30-16-21/h1-2,5-12,15-16,18,20H,3-4,13-14,17H2/t20-/m1/s1. The normalized spacial score (nSPS) is 15.8. The van der Waals surface area contributed by atoms with E-state index >= 15 is 0 Å². The quantitative estimate of drug-likeness (QED) is 0.439. The first-order valence-electron chi connectivity index (χ1n) is 11.4. The Bertz CT molecular complexity index is 1280. The van der Waals surface area contributed by atoms with E-state index in [1.807, 2.05) is 35.2 Å². The predicted octanol–water partition coefficient (Wildman–Crippen LogP) is 4.68. The summed E-state index contributed by atoms with van der Waals surface area (Å²) in [7, 11) is 0. The van der Waals surface area contributed by atoms with Gasteiger partial charge >= 0.3 is 0 Å². The van der Waals surface area contributed by atoms with E-state index in [0.717, 1.165) is 35.4 Å². The van der Waals surface area contributed by atoms with E-state index in [0.29, 0.717) is 30.9 Å². The van der Waals surface area contributed by atoms with Crippen LogP contribution in [0.3, 0.4) is 0 Å². The highest BCUT2D eigenvalue weighted by Gasteiger charge is 2.27. The van der Waals surface area contributed by atoms with Gasteiger partial charge in [-0.1, -0.05) is 24.3 Å². The Balaban J connectivity index is 1.30. The fourth-order valence-electron chi connectivity index (χ4n) is 4.35. The molecule has 1 fully saturated rings. The molecule has 4 aromatic rings. The highest BCUT2D eigenvalue weighted by molar-refractivity contribution is 5.93. The van der Waals surface area contributed by atoms with Gasteiger partial charge < -0.3 is 4.90 Å². The monoisotopic (exact) mass is 453 g/mol. The molecule has 7 heteroatoms. The van der Waals surface area contributed by atoms with E-state index in [2.05, 4.69) is 15.0 Å². The molecule has 1 amide bonds. The molecule has 1 aromatic carbocycles. The van der Waals surface area contributed by atoms with Gasteiger partial charge in [0.05, 0.1) is 5.69 Å². The lowest BCUT2D eigenvalue weighted by atomic mass is 9.93. The maximum absolute atomic E-state index is 13.3. The number of pyridine rings is 2. The van der Waals surface area contributed by atoms with E-state index in [1.54, 1.807) is 30.6 Å². The van der Waals surface area contributed by atoms with Crippen LogP contribution in [0.2, 0.25) is 0 Å². The molecule has 0 radical (unpaired) electrons. The van der Waals surface area contributed by atoms with Crippen LogP contribution < -0.4 is 0 Å². The van der Waals surface area contributed by atoms with E-state index in [1.165, 1.54) is 18.5 Å². The highest BCUT2D eigenvalue weighted by Crippen LogP contribution is 2.27. The lowest BCUT2D eigenvalue weighted by Gasteiger charge is -2.32. The van der Waals surface area contributed by atoms with Gasteiger partial charge in [-0.25, -0.2) is 19.3 Å². The van der Waals surface area contributed by atoms with Crippen molar-refractivity contribution in [1.82, 2.24) is 24.8 Å². The summed E-state index contributed by atoms with van der Waals surface area (Å²) in [4.78, 5) is 32.7. The van der Waals surface area contributed by atoms with Crippen molar-refractivity contribution in [2.75, 3.05) is 13.1 Å². The highest BCUT2D eigenvalue weighted by atomic mass is 19.1. The van der Waals surface area contributed by atoms with Crippen LogP contribution in [0.4, 0.5) is 4.39 Å². The number of benzene rings is 1. The first kappa shape index (κ1) is 21.8. The predicted molar refractivity (Wildman–Crippen MR) is 127 cm³/mol. The van der Waals surface area contributed by atoms with Crippen LogP contribution in [0.15, 0.2) is 79.4 Å². The van der Waals surface area contributed by atoms with Crippen LogP contribution in [-0.4, -0.2) is 43.8 Å². The van der Waals surface area contributed by atoms with Crippen molar-refractivity contribution in [3.63, 3.8) is 0 Å². The molecule has 1 saturated heterocycles. The molecular weight excluding hydrogens is 429 g/mol. The fourth-order valence-corrected chi connectivity index (χ4v) is 4.35. The lowest BCUT2D eigenvalue weighted by molar-refractivity contribution is 0.0700. The molecule has 0 spiro atoms. The maximum atomic E-state index is 13.3. The van der Waals surface area contributed by atoms with E-state index in [-0.39, 0.29) is 17.6 Å². The molecule has 6 nitrogen and oxygen atoms in total. The number of piperidine rings is 1. The zero-order valence-corrected chi connectivity index (χ0v) is 18.6. The van der Waals surface area contributed by atoms with Gasteiger partial charge in [-0.2, -0.15) is 0 Å². The van der Waals surface area contributed by atoms with Gasteiger partial charge in [-0.3, -0.25) is 9.78 Å². The van der Waals surface area contributed by atoms with Crippen molar-refractivity contribution in [3.8, 4) is 11.3 Å². The summed E-state index contributed by atoms with van der Waals surface area (Å²) in [6.45, 7) is 1.30. The van der Waals surface area contributed by atoms with Crippen LogP contribution in [-0.2, 0) is 6.42 Å². The third kappa shape index (κ3) is 4.98. The summed E-state index contributed by atoms with van der Waals surface area (Å²) >= 11 is 0. The zero-order chi connectivity index (χ0) is 23.3. The first-order chi connectivity index (χ1) is 16.7. The first-order valence-corrected chi connectivity index (χ1v) is 11.4. The number of likely N-dealkylation sites (tertiary alicyclic amines) is 1. The summed E-state index contributed by atoms with van der Waals surface area (Å²) in [5.74, 6) is -0.156. The number of nitrogens with zero attached hydrogens (tertiary/aromatic N) is 5. The topological polar surface area (TPSA) is 71.9 Å². The molecule has 170 valence electrons. The van der Waals surface area contributed by atoms with Gasteiger partial charge in [0.15, 0.2) is 0 Å². The Labute approximate surface area is 197 Å². The zero-order valence-electron chi connectivity index (χ0n) is 18.6. The van der Waals surface area contributed by atoms with Crippen molar-refractivity contribution >= 4 is 5.91 Å². The van der Waals surface area contributed by atoms with E-state index in [4.69, 9.17) is 4.98 Å². The number of carbonyl (C=O) groups is 1.